The summed E-state index contributed by atoms with van der Waals surface area (Å²) in [5.41, 5.74) is 1.42. The molecule has 2 heterocycles. The molecule has 0 bridgehead atoms. The van der Waals surface area contributed by atoms with Gasteiger partial charge in [0.2, 0.25) is 5.91 Å². The lowest BCUT2D eigenvalue weighted by molar-refractivity contribution is -0.129. The molecule has 0 saturated carbocycles. The number of amides is 1. The smallest absolute Gasteiger partial charge is 0.219 e. The Labute approximate surface area is 129 Å². The van der Waals surface area contributed by atoms with E-state index in [4.69, 9.17) is 11.6 Å². The van der Waals surface area contributed by atoms with E-state index in [1.165, 1.54) is 29.7 Å². The second kappa shape index (κ2) is 6.04. The van der Waals surface area contributed by atoms with Crippen molar-refractivity contribution in [2.75, 3.05) is 13.1 Å². The van der Waals surface area contributed by atoms with Gasteiger partial charge in [-0.25, -0.2) is 0 Å². The number of likely N-dealkylation sites (tertiary alicyclic amines) is 1. The van der Waals surface area contributed by atoms with Crippen molar-refractivity contribution in [3.05, 3.63) is 20.8 Å². The molecule has 110 valence electrons. The summed E-state index contributed by atoms with van der Waals surface area (Å²) in [6, 6.07) is 3.12. The van der Waals surface area contributed by atoms with Crippen LogP contribution in [0.2, 0.25) is 4.34 Å². The highest BCUT2D eigenvalue weighted by molar-refractivity contribution is 7.16. The fraction of sp³-hybridized carbons (Fsp3) is 0.667. The number of halogens is 1. The van der Waals surface area contributed by atoms with Gasteiger partial charge in [-0.05, 0) is 43.7 Å². The van der Waals surface area contributed by atoms with Gasteiger partial charge in [-0.1, -0.05) is 11.6 Å². The predicted octanol–water partition coefficient (Wildman–Crippen LogP) is 3.38. The molecule has 0 radical (unpaired) electrons. The number of fused-ring (bicyclic) bond motifs is 1. The van der Waals surface area contributed by atoms with Gasteiger partial charge in [0.1, 0.15) is 0 Å². The van der Waals surface area contributed by atoms with Gasteiger partial charge >= 0.3 is 0 Å². The summed E-state index contributed by atoms with van der Waals surface area (Å²) < 4.78 is 0.912. The second-order valence-corrected chi connectivity index (χ2v) is 7.59. The summed E-state index contributed by atoms with van der Waals surface area (Å²) >= 11 is 7.89. The fourth-order valence-electron chi connectivity index (χ4n) is 3.34. The molecule has 1 atom stereocenters. The molecular weight excluding hydrogens is 292 g/mol. The molecule has 3 nitrogen and oxygen atoms in total. The van der Waals surface area contributed by atoms with Gasteiger partial charge < -0.3 is 10.2 Å². The van der Waals surface area contributed by atoms with E-state index in [1.807, 2.05) is 4.90 Å². The Morgan fingerprint density at radius 3 is 2.85 bits per heavy atom. The molecule has 1 aromatic rings. The highest BCUT2D eigenvalue weighted by Gasteiger charge is 2.27. The van der Waals surface area contributed by atoms with Gasteiger partial charge in [-0.15, -0.1) is 11.3 Å². The number of thiophene rings is 1. The molecule has 1 aromatic heterocycles. The highest BCUT2D eigenvalue weighted by atomic mass is 35.5. The fourth-order valence-corrected chi connectivity index (χ4v) is 4.72. The Kier molecular flexibility index (Phi) is 4.34. The third kappa shape index (κ3) is 3.02. The first-order chi connectivity index (χ1) is 9.63. The van der Waals surface area contributed by atoms with E-state index >= 15 is 0 Å². The minimum absolute atomic E-state index is 0.202. The van der Waals surface area contributed by atoms with Crippen molar-refractivity contribution >= 4 is 28.8 Å². The first kappa shape index (κ1) is 14.4. The number of nitrogens with one attached hydrogen (secondary N) is 1. The molecule has 0 spiro atoms. The van der Waals surface area contributed by atoms with Crippen molar-refractivity contribution < 1.29 is 4.79 Å². The topological polar surface area (TPSA) is 32.3 Å². The number of piperidine rings is 1. The molecule has 1 fully saturated rings. The predicted molar refractivity (Wildman–Crippen MR) is 83.4 cm³/mol. The minimum Gasteiger partial charge on any atom is -0.343 e. The van der Waals surface area contributed by atoms with Crippen LogP contribution >= 0.6 is 22.9 Å². The molecule has 1 aliphatic carbocycles. The van der Waals surface area contributed by atoms with Crippen LogP contribution in [0, 0.1) is 0 Å². The Morgan fingerprint density at radius 2 is 2.15 bits per heavy atom. The van der Waals surface area contributed by atoms with Crippen LogP contribution in [0.4, 0.5) is 0 Å². The Hall–Kier alpha value is -0.580. The molecule has 1 amide bonds. The number of rotatable bonds is 2. The van der Waals surface area contributed by atoms with Crippen molar-refractivity contribution in [2.45, 2.75) is 51.1 Å². The van der Waals surface area contributed by atoms with Crippen LogP contribution in [-0.4, -0.2) is 29.9 Å². The maximum atomic E-state index is 11.4. The highest BCUT2D eigenvalue weighted by Crippen LogP contribution is 2.38. The summed E-state index contributed by atoms with van der Waals surface area (Å²) in [6.07, 6.45) is 5.74. The summed E-state index contributed by atoms with van der Waals surface area (Å²) in [7, 11) is 0. The Balaban J connectivity index is 1.61. The second-order valence-electron chi connectivity index (χ2n) is 5.82. The lowest BCUT2D eigenvalue weighted by atomic mass is 9.92. The first-order valence-electron chi connectivity index (χ1n) is 7.43. The average molecular weight is 313 g/mol. The molecule has 1 N–H and O–H groups in total. The summed E-state index contributed by atoms with van der Waals surface area (Å²) in [5, 5.41) is 3.80. The van der Waals surface area contributed by atoms with Gasteiger partial charge in [-0.2, -0.15) is 0 Å². The van der Waals surface area contributed by atoms with Crippen LogP contribution in [0.5, 0.6) is 0 Å². The SMILES string of the molecule is CC(=O)N1CCC(NC2CCCc3sc(Cl)cc32)CC1. The largest absolute Gasteiger partial charge is 0.343 e. The van der Waals surface area contributed by atoms with Crippen LogP contribution in [0.25, 0.3) is 0 Å². The molecule has 1 saturated heterocycles. The Bertz CT molecular complexity index is 494. The van der Waals surface area contributed by atoms with Gasteiger partial charge in [0.05, 0.1) is 4.34 Å². The van der Waals surface area contributed by atoms with E-state index in [0.717, 1.165) is 30.3 Å². The number of hydrogen-bond donors (Lipinski definition) is 1. The first-order valence-corrected chi connectivity index (χ1v) is 8.62. The zero-order chi connectivity index (χ0) is 14.1. The molecular formula is C15H21ClN2OS. The zero-order valence-electron chi connectivity index (χ0n) is 11.8. The summed E-state index contributed by atoms with van der Waals surface area (Å²) in [6.45, 7) is 3.43. The third-order valence-corrected chi connectivity index (χ3v) is 5.80. The summed E-state index contributed by atoms with van der Waals surface area (Å²) in [5.74, 6) is 0.202. The van der Waals surface area contributed by atoms with Gasteiger partial charge in [0.25, 0.3) is 0 Å². The van der Waals surface area contributed by atoms with Crippen molar-refractivity contribution in [3.8, 4) is 0 Å². The molecule has 0 aromatic carbocycles. The third-order valence-electron chi connectivity index (χ3n) is 4.46. The van der Waals surface area contributed by atoms with Gasteiger partial charge in [0.15, 0.2) is 0 Å². The normalized spacial score (nSPS) is 23.7. The minimum atomic E-state index is 0.202. The van der Waals surface area contributed by atoms with E-state index < -0.39 is 0 Å². The quantitative estimate of drug-likeness (QED) is 0.908. The van der Waals surface area contributed by atoms with Crippen LogP contribution in [-0.2, 0) is 11.2 Å². The number of aryl methyl sites for hydroxylation is 1. The molecule has 1 aliphatic heterocycles. The lowest BCUT2D eigenvalue weighted by Gasteiger charge is -2.35. The van der Waals surface area contributed by atoms with Gasteiger partial charge in [0, 0.05) is 37.0 Å². The maximum absolute atomic E-state index is 11.4. The van der Waals surface area contributed by atoms with Crippen LogP contribution in [0.3, 0.4) is 0 Å². The van der Waals surface area contributed by atoms with E-state index in [-0.39, 0.29) is 5.91 Å². The number of carbonyl (C=O) groups excluding carboxylic acids is 1. The van der Waals surface area contributed by atoms with E-state index in [9.17, 15) is 4.79 Å². The van der Waals surface area contributed by atoms with Crippen LogP contribution < -0.4 is 5.32 Å². The zero-order valence-corrected chi connectivity index (χ0v) is 13.4. The summed E-state index contributed by atoms with van der Waals surface area (Å²) in [4.78, 5) is 14.8. The van der Waals surface area contributed by atoms with Gasteiger partial charge in [-0.3, -0.25) is 4.79 Å². The lowest BCUT2D eigenvalue weighted by Crippen LogP contribution is -2.45. The molecule has 3 rings (SSSR count). The van der Waals surface area contributed by atoms with Crippen LogP contribution in [0.1, 0.15) is 49.1 Å². The van der Waals surface area contributed by atoms with Crippen molar-refractivity contribution in [2.24, 2.45) is 0 Å². The average Bonchev–Trinajstić information content (AvgIpc) is 2.81. The number of nitrogens with zero attached hydrogens (tertiary/aromatic N) is 1. The molecule has 20 heavy (non-hydrogen) atoms. The van der Waals surface area contributed by atoms with Crippen molar-refractivity contribution in [3.63, 3.8) is 0 Å². The van der Waals surface area contributed by atoms with E-state index in [1.54, 1.807) is 18.3 Å². The number of hydrogen-bond acceptors (Lipinski definition) is 3. The number of carbonyl (C=O) groups is 1. The van der Waals surface area contributed by atoms with Crippen LogP contribution in [0.15, 0.2) is 6.07 Å². The molecule has 2 aliphatic rings. The maximum Gasteiger partial charge on any atom is 0.219 e. The van der Waals surface area contributed by atoms with Crippen molar-refractivity contribution in [1.82, 2.24) is 10.2 Å². The van der Waals surface area contributed by atoms with Crippen molar-refractivity contribution in [1.29, 1.82) is 0 Å². The van der Waals surface area contributed by atoms with E-state index in [2.05, 4.69) is 11.4 Å². The molecule has 5 heteroatoms. The standard InChI is InChI=1S/C15H21ClN2OS/c1-10(19)18-7-5-11(6-8-18)17-13-3-2-4-14-12(13)9-15(16)20-14/h9,11,13,17H,2-8H2,1H3. The molecule has 1 unspecified atom stereocenters. The van der Waals surface area contributed by atoms with E-state index in [0.29, 0.717) is 12.1 Å². The Morgan fingerprint density at radius 1 is 1.40 bits per heavy atom. The monoisotopic (exact) mass is 312 g/mol.